The number of hydrogen-bond acceptors (Lipinski definition) is 14. The van der Waals surface area contributed by atoms with Crippen LogP contribution in [-0.2, 0) is 43.3 Å². The topological polar surface area (TPSA) is 218 Å². The predicted molar refractivity (Wildman–Crippen MR) is 265 cm³/mol. The highest BCUT2D eigenvalue weighted by molar-refractivity contribution is 5.87. The lowest BCUT2D eigenvalue weighted by molar-refractivity contribution is -0.221. The van der Waals surface area contributed by atoms with Crippen LogP contribution in [0.1, 0.15) is 51.7 Å². The highest BCUT2D eigenvalue weighted by atomic mass is 19.4. The lowest BCUT2D eigenvalue weighted by Crippen LogP contribution is -2.63. The number of hydrazine groups is 1. The predicted octanol–water partition coefficient (Wildman–Crippen LogP) is 6.15. The Morgan fingerprint density at radius 2 is 1.30 bits per heavy atom. The fourth-order valence-corrected chi connectivity index (χ4v) is 9.76. The van der Waals surface area contributed by atoms with Crippen LogP contribution in [0, 0.1) is 22.5 Å². The van der Waals surface area contributed by atoms with E-state index < -0.39 is 121 Å². The molecule has 2 bridgehead atoms. The summed E-state index contributed by atoms with van der Waals surface area (Å²) in [6.45, 7) is 2.08. The molecule has 0 saturated carbocycles. The van der Waals surface area contributed by atoms with Crippen molar-refractivity contribution in [3.05, 3.63) is 83.8 Å². The molecule has 4 amide bonds. The van der Waals surface area contributed by atoms with Crippen LogP contribution in [0.5, 0.6) is 0 Å². The van der Waals surface area contributed by atoms with Crippen molar-refractivity contribution in [3.8, 4) is 22.4 Å². The number of nitrogens with one attached hydrogen (secondary N) is 4. The lowest BCUT2D eigenvalue weighted by Gasteiger charge is -2.47. The number of aliphatic hydroxyl groups is 1. The molecule has 0 spiro atoms. The highest BCUT2D eigenvalue weighted by Crippen LogP contribution is 2.42. The first-order valence-electron chi connectivity index (χ1n) is 25.2. The Balaban J connectivity index is 1.21. The van der Waals surface area contributed by atoms with E-state index in [1.54, 1.807) is 0 Å². The van der Waals surface area contributed by atoms with Gasteiger partial charge in [0.25, 0.3) is 12.3 Å². The van der Waals surface area contributed by atoms with Crippen LogP contribution in [0.25, 0.3) is 22.4 Å². The van der Waals surface area contributed by atoms with Gasteiger partial charge in [0.2, 0.25) is 11.9 Å². The minimum atomic E-state index is -5.22. The van der Waals surface area contributed by atoms with Crippen LogP contribution in [0.2, 0.25) is 0 Å². The molecule has 5 N–H and O–H groups in total. The van der Waals surface area contributed by atoms with Crippen LogP contribution >= 0.6 is 0 Å². The number of anilines is 1. The number of halogens is 10. The normalized spacial score (nSPS) is 18.8. The van der Waals surface area contributed by atoms with E-state index in [1.165, 1.54) is 48.9 Å². The van der Waals surface area contributed by atoms with Crippen molar-refractivity contribution in [3.63, 3.8) is 0 Å². The molecule has 7 rings (SSSR count). The molecule has 2 aromatic carbocycles. The Hall–Kier alpha value is -6.85. The van der Waals surface area contributed by atoms with E-state index >= 15 is 8.78 Å². The maximum Gasteiger partial charge on any atom is 0.407 e. The monoisotopic (exact) mass is 1150 g/mol. The first-order chi connectivity index (χ1) is 37.5. The maximum atomic E-state index is 16.5. The summed E-state index contributed by atoms with van der Waals surface area (Å²) in [7, 11) is 1.62. The molecule has 29 heteroatoms. The lowest BCUT2D eigenvalue weighted by atomic mass is 9.82. The average Bonchev–Trinajstić information content (AvgIpc) is 3.93. The van der Waals surface area contributed by atoms with E-state index in [9.17, 15) is 59.4 Å². The van der Waals surface area contributed by atoms with Crippen molar-refractivity contribution < 1.29 is 82.4 Å². The SMILES string of the molecule is COC(=O)N[C@H](C(=O)N[C@@H](Cc1ccc(-c2ccn(CC(F)F)n2)cc1)[C@@H](O)CN(Cc1c(F)cc(-c2cnc(N3CC4CCC(C3)N4C3COC3)nc2)cc1F)NC(=O)[C@@H](NC(=O)OC)C(C)(C)C(F)(F)F)C(C)(C)C(F)(F)F. The minimum Gasteiger partial charge on any atom is -0.453 e. The van der Waals surface area contributed by atoms with Gasteiger partial charge in [-0.05, 0) is 76.3 Å². The number of carbonyl (C=O) groups is 4. The number of piperazine rings is 1. The molecular formula is C51H61F10N11O8. The van der Waals surface area contributed by atoms with Crippen LogP contribution in [-0.4, -0.2) is 167 Å². The van der Waals surface area contributed by atoms with Gasteiger partial charge in [-0.15, -0.1) is 0 Å². The van der Waals surface area contributed by atoms with E-state index in [0.29, 0.717) is 76.6 Å². The number of carbonyl (C=O) groups excluding carboxylic acids is 4. The summed E-state index contributed by atoms with van der Waals surface area (Å²) in [6.07, 6.45) is -12.7. The van der Waals surface area contributed by atoms with Crippen molar-refractivity contribution in [2.45, 2.75) is 121 Å². The molecule has 3 aliphatic rings. The van der Waals surface area contributed by atoms with E-state index in [4.69, 9.17) is 4.74 Å². The van der Waals surface area contributed by atoms with E-state index in [-0.39, 0.29) is 34.5 Å². The molecule has 3 saturated heterocycles. The van der Waals surface area contributed by atoms with Crippen molar-refractivity contribution in [2.24, 2.45) is 10.8 Å². The zero-order valence-electron chi connectivity index (χ0n) is 44.2. The van der Waals surface area contributed by atoms with Crippen LogP contribution in [0.3, 0.4) is 0 Å². The molecule has 0 aliphatic carbocycles. The number of nitrogens with zero attached hydrogens (tertiary/aromatic N) is 7. The van der Waals surface area contributed by atoms with Gasteiger partial charge in [0.15, 0.2) is 0 Å². The Labute approximate surface area is 452 Å². The molecule has 438 valence electrons. The summed E-state index contributed by atoms with van der Waals surface area (Å²) in [4.78, 5) is 66.5. The number of hydrogen-bond donors (Lipinski definition) is 5. The number of ether oxygens (including phenoxy) is 3. The third kappa shape index (κ3) is 13.8. The molecular weight excluding hydrogens is 1080 g/mol. The Bertz CT molecular complexity index is 2780. The molecule has 6 atom stereocenters. The number of amides is 4. The van der Waals surface area contributed by atoms with Gasteiger partial charge in [0, 0.05) is 73.5 Å². The molecule has 3 fully saturated rings. The van der Waals surface area contributed by atoms with Crippen LogP contribution in [0.4, 0.5) is 59.4 Å². The van der Waals surface area contributed by atoms with E-state index in [2.05, 4.69) is 40.2 Å². The Morgan fingerprint density at radius 3 is 1.79 bits per heavy atom. The second-order valence-electron chi connectivity index (χ2n) is 20.9. The molecule has 5 heterocycles. The van der Waals surface area contributed by atoms with Gasteiger partial charge in [0.05, 0.1) is 62.1 Å². The number of aromatic nitrogens is 4. The van der Waals surface area contributed by atoms with E-state index in [0.717, 1.165) is 43.9 Å². The average molecular weight is 1150 g/mol. The zero-order valence-corrected chi connectivity index (χ0v) is 44.2. The summed E-state index contributed by atoms with van der Waals surface area (Å²) in [6, 6.07) is 3.09. The van der Waals surface area contributed by atoms with Crippen LogP contribution in [0.15, 0.2) is 61.1 Å². The minimum absolute atomic E-state index is 0.0535. The van der Waals surface area contributed by atoms with Crippen LogP contribution < -0.4 is 26.3 Å². The van der Waals surface area contributed by atoms with E-state index in [1.807, 2.05) is 15.5 Å². The second-order valence-corrected chi connectivity index (χ2v) is 20.9. The highest BCUT2D eigenvalue weighted by Gasteiger charge is 2.57. The standard InChI is InChI=1S/C51H61F10N11O8/c1-48(2,50(56,57)58)41(65-46(76)78-5)43(74)64-38(15-27-7-9-28(10-8-27)37-13-14-70(67-37)24-40(54)55)39(73)23-71(68-44(75)42(66-47(77)79-6)49(3,4)51(59,60)61)22-34-35(52)16-29(17-36(34)53)30-18-62-45(63-19-30)69-20-31-11-12-32(21-69)72(31)33-25-80-26-33/h7-10,13-14,16-19,31-33,38-42,73H,11-12,15,20-26H2,1-6H3,(H,64,74)(H,65,76)(H,66,77)(H,68,75)/t31?,32?,38-,39-,41+,42+/m0/s1. The first-order valence-corrected chi connectivity index (χ1v) is 25.2. The van der Waals surface area contributed by atoms with Crippen molar-refractivity contribution in [1.29, 1.82) is 0 Å². The second kappa shape index (κ2) is 24.5. The number of aliphatic hydroxyl groups excluding tert-OH is 1. The third-order valence-corrected chi connectivity index (χ3v) is 14.8. The van der Waals surface area contributed by atoms with Gasteiger partial charge in [0.1, 0.15) is 30.3 Å². The zero-order chi connectivity index (χ0) is 58.6. The summed E-state index contributed by atoms with van der Waals surface area (Å²) >= 11 is 0. The van der Waals surface area contributed by atoms with Gasteiger partial charge in [-0.1, -0.05) is 24.3 Å². The van der Waals surface area contributed by atoms with Crippen molar-refractivity contribution in [2.75, 3.05) is 52.0 Å². The number of rotatable bonds is 21. The van der Waals surface area contributed by atoms with Gasteiger partial charge in [-0.2, -0.15) is 31.4 Å². The fraction of sp³-hybridized carbons (Fsp3) is 0.549. The maximum absolute atomic E-state index is 16.5. The molecule has 0 radical (unpaired) electrons. The molecule has 80 heavy (non-hydrogen) atoms. The number of fused-ring (bicyclic) bond motifs is 2. The van der Waals surface area contributed by atoms with Crippen molar-refractivity contribution in [1.82, 2.24) is 51.0 Å². The summed E-state index contributed by atoms with van der Waals surface area (Å²) in [5.41, 5.74) is -3.90. The molecule has 2 aromatic heterocycles. The largest absolute Gasteiger partial charge is 0.453 e. The third-order valence-electron chi connectivity index (χ3n) is 14.8. The van der Waals surface area contributed by atoms with Gasteiger partial charge < -0.3 is 40.2 Å². The first kappa shape index (κ1) is 60.8. The fourth-order valence-electron chi connectivity index (χ4n) is 9.76. The summed E-state index contributed by atoms with van der Waals surface area (Å²) < 4.78 is 162. The van der Waals surface area contributed by atoms with Gasteiger partial charge >= 0.3 is 24.5 Å². The number of alkyl halides is 8. The molecule has 2 unspecified atom stereocenters. The van der Waals surface area contributed by atoms with Crippen molar-refractivity contribution >= 4 is 29.9 Å². The summed E-state index contributed by atoms with van der Waals surface area (Å²) in [5.74, 6) is -5.37. The quantitative estimate of drug-likeness (QED) is 0.0468. The molecule has 19 nitrogen and oxygen atoms in total. The number of methoxy groups -OCH3 is 2. The molecule has 3 aliphatic heterocycles. The number of alkyl carbamates (subject to hydrolysis) is 2. The molecule has 4 aromatic rings. The summed E-state index contributed by atoms with van der Waals surface area (Å²) in [5, 5.41) is 22.7. The number of benzene rings is 2. The smallest absolute Gasteiger partial charge is 0.407 e. The Morgan fingerprint density at radius 1 is 0.762 bits per heavy atom. The van der Waals surface area contributed by atoms with Gasteiger partial charge in [-0.25, -0.2) is 42.1 Å². The Kier molecular flexibility index (Phi) is 18.6. The van der Waals surface area contributed by atoms with Gasteiger partial charge in [-0.3, -0.25) is 24.6 Å².